The van der Waals surface area contributed by atoms with E-state index in [0.717, 1.165) is 26.1 Å². The number of aryl methyl sites for hydroxylation is 1. The number of nitrogens with one attached hydrogen (secondary N) is 1. The van der Waals surface area contributed by atoms with Crippen LogP contribution in [0.15, 0.2) is 6.20 Å². The maximum absolute atomic E-state index is 12.0. The van der Waals surface area contributed by atoms with Gasteiger partial charge in [-0.15, -0.1) is 0 Å². The molecule has 0 radical (unpaired) electrons. The molecular formula is C13H22N4O3. The molecule has 2 N–H and O–H groups in total. The highest BCUT2D eigenvalue weighted by atomic mass is 16.4. The van der Waals surface area contributed by atoms with Gasteiger partial charge in [0.05, 0.1) is 6.20 Å². The van der Waals surface area contributed by atoms with Gasteiger partial charge in [0.15, 0.2) is 0 Å². The molecule has 112 valence electrons. The van der Waals surface area contributed by atoms with Gasteiger partial charge < -0.3 is 15.3 Å². The van der Waals surface area contributed by atoms with Crippen molar-refractivity contribution in [2.75, 3.05) is 26.2 Å². The zero-order valence-corrected chi connectivity index (χ0v) is 12.2. The lowest BCUT2D eigenvalue weighted by Crippen LogP contribution is -2.31. The molecule has 0 aliphatic rings. The van der Waals surface area contributed by atoms with E-state index in [2.05, 4.69) is 29.2 Å². The highest BCUT2D eigenvalue weighted by Gasteiger charge is 2.21. The van der Waals surface area contributed by atoms with Crippen LogP contribution >= 0.6 is 0 Å². The Kier molecular flexibility index (Phi) is 6.17. The molecule has 1 rings (SSSR count). The maximum Gasteiger partial charge on any atom is 0.339 e. The van der Waals surface area contributed by atoms with Crippen LogP contribution in [0, 0.1) is 0 Å². The minimum atomic E-state index is -1.15. The van der Waals surface area contributed by atoms with Crippen molar-refractivity contribution in [3.05, 3.63) is 17.5 Å². The SMILES string of the molecule is CCN(CC)CCCNC(=O)c1c(C(=O)O)cnn1C. The average molecular weight is 282 g/mol. The molecule has 0 atom stereocenters. The van der Waals surface area contributed by atoms with E-state index in [4.69, 9.17) is 5.11 Å². The zero-order chi connectivity index (χ0) is 15.1. The summed E-state index contributed by atoms with van der Waals surface area (Å²) in [5.41, 5.74) is 0.00841. The van der Waals surface area contributed by atoms with Crippen molar-refractivity contribution in [2.24, 2.45) is 7.05 Å². The fourth-order valence-electron chi connectivity index (χ4n) is 1.99. The minimum Gasteiger partial charge on any atom is -0.478 e. The molecule has 1 aromatic rings. The van der Waals surface area contributed by atoms with Gasteiger partial charge in [-0.05, 0) is 26.1 Å². The number of aromatic carboxylic acids is 1. The highest BCUT2D eigenvalue weighted by Crippen LogP contribution is 2.07. The van der Waals surface area contributed by atoms with E-state index in [1.54, 1.807) is 7.05 Å². The first kappa shape index (κ1) is 16.2. The molecule has 0 saturated heterocycles. The summed E-state index contributed by atoms with van der Waals surface area (Å²) < 4.78 is 1.28. The van der Waals surface area contributed by atoms with E-state index >= 15 is 0 Å². The molecule has 0 spiro atoms. The van der Waals surface area contributed by atoms with Crippen LogP contribution in [0.25, 0.3) is 0 Å². The third kappa shape index (κ3) is 4.06. The Labute approximate surface area is 118 Å². The van der Waals surface area contributed by atoms with Crippen molar-refractivity contribution < 1.29 is 14.7 Å². The first-order valence-corrected chi connectivity index (χ1v) is 6.77. The van der Waals surface area contributed by atoms with E-state index in [1.165, 1.54) is 10.9 Å². The summed E-state index contributed by atoms with van der Waals surface area (Å²) in [7, 11) is 1.55. The smallest absolute Gasteiger partial charge is 0.339 e. The number of carboxylic acid groups (broad SMARTS) is 1. The summed E-state index contributed by atoms with van der Waals surface area (Å²) in [6.45, 7) is 7.57. The fraction of sp³-hybridized carbons (Fsp3) is 0.615. The second-order valence-corrected chi connectivity index (χ2v) is 4.47. The number of carbonyl (C=O) groups is 2. The maximum atomic E-state index is 12.0. The van der Waals surface area contributed by atoms with Gasteiger partial charge in [-0.2, -0.15) is 5.10 Å². The summed E-state index contributed by atoms with van der Waals surface area (Å²) >= 11 is 0. The third-order valence-electron chi connectivity index (χ3n) is 3.22. The first-order valence-electron chi connectivity index (χ1n) is 6.77. The average Bonchev–Trinajstić information content (AvgIpc) is 2.81. The second-order valence-electron chi connectivity index (χ2n) is 4.47. The largest absolute Gasteiger partial charge is 0.478 e. The number of hydrogen-bond acceptors (Lipinski definition) is 4. The lowest BCUT2D eigenvalue weighted by atomic mass is 10.2. The molecular weight excluding hydrogens is 260 g/mol. The third-order valence-corrected chi connectivity index (χ3v) is 3.22. The van der Waals surface area contributed by atoms with Gasteiger partial charge in [0.1, 0.15) is 11.3 Å². The van der Waals surface area contributed by atoms with Crippen LogP contribution in [0.3, 0.4) is 0 Å². The van der Waals surface area contributed by atoms with Crippen LogP contribution in [0.1, 0.15) is 41.1 Å². The molecule has 0 bridgehead atoms. The standard InChI is InChI=1S/C13H22N4O3/c1-4-17(5-2)8-6-7-14-12(18)11-10(13(19)20)9-15-16(11)3/h9H,4-8H2,1-3H3,(H,14,18)(H,19,20). The number of carboxylic acids is 1. The van der Waals surface area contributed by atoms with E-state index < -0.39 is 11.9 Å². The number of hydrogen-bond donors (Lipinski definition) is 2. The quantitative estimate of drug-likeness (QED) is 0.681. The molecule has 0 aliphatic carbocycles. The first-order chi connectivity index (χ1) is 9.51. The molecule has 1 amide bonds. The van der Waals surface area contributed by atoms with E-state index in [9.17, 15) is 9.59 Å². The van der Waals surface area contributed by atoms with E-state index in [-0.39, 0.29) is 11.3 Å². The molecule has 7 nitrogen and oxygen atoms in total. The summed E-state index contributed by atoms with van der Waals surface area (Å²) in [4.78, 5) is 25.2. The summed E-state index contributed by atoms with van der Waals surface area (Å²) in [6, 6.07) is 0. The van der Waals surface area contributed by atoms with Gasteiger partial charge in [-0.1, -0.05) is 13.8 Å². The molecule has 7 heteroatoms. The molecule has 20 heavy (non-hydrogen) atoms. The zero-order valence-electron chi connectivity index (χ0n) is 12.2. The predicted molar refractivity (Wildman–Crippen MR) is 74.9 cm³/mol. The van der Waals surface area contributed by atoms with Crippen molar-refractivity contribution in [3.8, 4) is 0 Å². The summed E-state index contributed by atoms with van der Waals surface area (Å²) in [6.07, 6.45) is 2.01. The second kappa shape index (κ2) is 7.64. The van der Waals surface area contributed by atoms with Gasteiger partial charge in [0, 0.05) is 13.6 Å². The lowest BCUT2D eigenvalue weighted by Gasteiger charge is -2.17. The Morgan fingerprint density at radius 3 is 2.60 bits per heavy atom. The minimum absolute atomic E-state index is 0.0752. The Morgan fingerprint density at radius 2 is 2.05 bits per heavy atom. The highest BCUT2D eigenvalue weighted by molar-refractivity contribution is 6.03. The Bertz CT molecular complexity index is 466. The van der Waals surface area contributed by atoms with Gasteiger partial charge in [-0.3, -0.25) is 9.48 Å². The molecule has 0 aliphatic heterocycles. The van der Waals surface area contributed by atoms with Crippen LogP contribution < -0.4 is 5.32 Å². The summed E-state index contributed by atoms with van der Waals surface area (Å²) in [5.74, 6) is -1.55. The van der Waals surface area contributed by atoms with Crippen LogP contribution in [0.5, 0.6) is 0 Å². The van der Waals surface area contributed by atoms with E-state index in [1.807, 2.05) is 0 Å². The lowest BCUT2D eigenvalue weighted by molar-refractivity contribution is 0.0690. The Morgan fingerprint density at radius 1 is 1.40 bits per heavy atom. The van der Waals surface area contributed by atoms with Crippen LogP contribution in [-0.2, 0) is 7.05 Å². The fourth-order valence-corrected chi connectivity index (χ4v) is 1.99. The van der Waals surface area contributed by atoms with Crippen LogP contribution in [0.2, 0.25) is 0 Å². The van der Waals surface area contributed by atoms with Gasteiger partial charge in [-0.25, -0.2) is 4.79 Å². The van der Waals surface area contributed by atoms with Gasteiger partial charge in [0.2, 0.25) is 0 Å². The van der Waals surface area contributed by atoms with Crippen molar-refractivity contribution in [2.45, 2.75) is 20.3 Å². The summed E-state index contributed by atoms with van der Waals surface area (Å²) in [5, 5.41) is 15.5. The molecule has 0 unspecified atom stereocenters. The van der Waals surface area contributed by atoms with Crippen molar-refractivity contribution in [3.63, 3.8) is 0 Å². The van der Waals surface area contributed by atoms with Crippen LogP contribution in [-0.4, -0.2) is 57.8 Å². The molecule has 0 aromatic carbocycles. The van der Waals surface area contributed by atoms with Crippen molar-refractivity contribution >= 4 is 11.9 Å². The Hall–Kier alpha value is -1.89. The molecule has 1 heterocycles. The van der Waals surface area contributed by atoms with E-state index in [0.29, 0.717) is 6.54 Å². The number of carbonyl (C=O) groups excluding carboxylic acids is 1. The predicted octanol–water partition coefficient (Wildman–Crippen LogP) is 0.580. The molecule has 0 fully saturated rings. The normalized spacial score (nSPS) is 10.8. The van der Waals surface area contributed by atoms with Gasteiger partial charge in [0.25, 0.3) is 5.91 Å². The monoisotopic (exact) mass is 282 g/mol. The number of amides is 1. The topological polar surface area (TPSA) is 87.5 Å². The van der Waals surface area contributed by atoms with Crippen molar-refractivity contribution in [1.29, 1.82) is 0 Å². The van der Waals surface area contributed by atoms with Gasteiger partial charge >= 0.3 is 5.97 Å². The van der Waals surface area contributed by atoms with Crippen LogP contribution in [0.4, 0.5) is 0 Å². The molecule has 1 aromatic heterocycles. The molecule has 0 saturated carbocycles. The number of rotatable bonds is 8. The number of aromatic nitrogens is 2. The number of nitrogens with zero attached hydrogens (tertiary/aromatic N) is 3. The van der Waals surface area contributed by atoms with Crippen molar-refractivity contribution in [1.82, 2.24) is 20.0 Å². The Balaban J connectivity index is 2.52.